The molecule has 1 aromatic carbocycles. The molecule has 1 aliphatic rings. The lowest BCUT2D eigenvalue weighted by Gasteiger charge is -2.12. The maximum Gasteiger partial charge on any atom is 0.131 e. The van der Waals surface area contributed by atoms with Gasteiger partial charge in [-0.3, -0.25) is 0 Å². The van der Waals surface area contributed by atoms with E-state index in [2.05, 4.69) is 41.7 Å². The van der Waals surface area contributed by atoms with Crippen LogP contribution in [0.4, 0.5) is 0 Å². The van der Waals surface area contributed by atoms with Gasteiger partial charge in [0.2, 0.25) is 0 Å². The fourth-order valence-electron chi connectivity index (χ4n) is 2.26. The first-order valence-corrected chi connectivity index (χ1v) is 8.48. The molecule has 0 bridgehead atoms. The smallest absolute Gasteiger partial charge is 0.131 e. The van der Waals surface area contributed by atoms with Gasteiger partial charge in [-0.2, -0.15) is 0 Å². The number of nitrogens with zero attached hydrogens (tertiary/aromatic N) is 1. The number of aromatic nitrogens is 1. The van der Waals surface area contributed by atoms with E-state index < -0.39 is 0 Å². The lowest BCUT2D eigenvalue weighted by Crippen LogP contribution is -2.15. The van der Waals surface area contributed by atoms with Crippen molar-refractivity contribution in [2.45, 2.75) is 51.8 Å². The van der Waals surface area contributed by atoms with Crippen molar-refractivity contribution < 1.29 is 4.74 Å². The monoisotopic (exact) mass is 302 g/mol. The third-order valence-electron chi connectivity index (χ3n) is 3.64. The highest BCUT2D eigenvalue weighted by Gasteiger charge is 2.20. The summed E-state index contributed by atoms with van der Waals surface area (Å²) in [6.07, 6.45) is 2.63. The summed E-state index contributed by atoms with van der Waals surface area (Å²) >= 11 is 1.71. The van der Waals surface area contributed by atoms with Crippen molar-refractivity contribution in [2.24, 2.45) is 0 Å². The van der Waals surface area contributed by atoms with Gasteiger partial charge >= 0.3 is 0 Å². The van der Waals surface area contributed by atoms with E-state index in [0.717, 1.165) is 29.0 Å². The van der Waals surface area contributed by atoms with Crippen LogP contribution in [0.25, 0.3) is 0 Å². The van der Waals surface area contributed by atoms with Crippen molar-refractivity contribution in [3.63, 3.8) is 0 Å². The summed E-state index contributed by atoms with van der Waals surface area (Å²) < 4.78 is 5.96. The van der Waals surface area contributed by atoms with Crippen LogP contribution in [0, 0.1) is 0 Å². The minimum Gasteiger partial charge on any atom is -0.487 e. The Balaban J connectivity index is 1.57. The Hall–Kier alpha value is -1.39. The molecule has 1 saturated carbocycles. The minimum absolute atomic E-state index is 0.468. The molecule has 2 aromatic rings. The average Bonchev–Trinajstić information content (AvgIpc) is 3.21. The van der Waals surface area contributed by atoms with Gasteiger partial charge in [-0.25, -0.2) is 4.98 Å². The van der Waals surface area contributed by atoms with E-state index in [1.807, 2.05) is 12.1 Å². The molecule has 0 unspecified atom stereocenters. The molecule has 4 heteroatoms. The Morgan fingerprint density at radius 1 is 1.33 bits per heavy atom. The highest BCUT2D eigenvalue weighted by Crippen LogP contribution is 2.26. The third kappa shape index (κ3) is 4.05. The van der Waals surface area contributed by atoms with Gasteiger partial charge in [-0.1, -0.05) is 32.0 Å². The molecule has 1 aromatic heterocycles. The van der Waals surface area contributed by atoms with Crippen LogP contribution >= 0.6 is 11.3 Å². The first-order chi connectivity index (χ1) is 10.2. The molecule has 3 nitrogen and oxygen atoms in total. The number of thiazole rings is 1. The number of nitrogens with one attached hydrogen (secondary N) is 1. The molecular formula is C17H22N2OS. The second-order valence-electron chi connectivity index (χ2n) is 5.87. The van der Waals surface area contributed by atoms with Crippen LogP contribution in [-0.4, -0.2) is 11.0 Å². The molecule has 21 heavy (non-hydrogen) atoms. The molecule has 1 aliphatic carbocycles. The van der Waals surface area contributed by atoms with E-state index in [4.69, 9.17) is 4.74 Å². The van der Waals surface area contributed by atoms with Crippen molar-refractivity contribution >= 4 is 11.3 Å². The molecule has 0 spiro atoms. The highest BCUT2D eigenvalue weighted by molar-refractivity contribution is 7.09. The molecule has 0 amide bonds. The van der Waals surface area contributed by atoms with E-state index in [0.29, 0.717) is 12.5 Å². The van der Waals surface area contributed by atoms with E-state index in [9.17, 15) is 0 Å². The van der Waals surface area contributed by atoms with E-state index >= 15 is 0 Å². The van der Waals surface area contributed by atoms with Crippen molar-refractivity contribution in [1.82, 2.24) is 10.3 Å². The Kier molecular flexibility index (Phi) is 4.56. The summed E-state index contributed by atoms with van der Waals surface area (Å²) in [6.45, 7) is 5.81. The van der Waals surface area contributed by atoms with Crippen molar-refractivity contribution in [3.8, 4) is 5.75 Å². The third-order valence-corrected chi connectivity index (χ3v) is 4.53. The molecule has 0 saturated heterocycles. The lowest BCUT2D eigenvalue weighted by molar-refractivity contribution is 0.297. The Morgan fingerprint density at radius 2 is 2.14 bits per heavy atom. The minimum atomic E-state index is 0.468. The zero-order valence-corrected chi connectivity index (χ0v) is 13.5. The second kappa shape index (κ2) is 6.58. The Labute approximate surface area is 130 Å². The first-order valence-electron chi connectivity index (χ1n) is 7.61. The zero-order valence-electron chi connectivity index (χ0n) is 12.6. The predicted molar refractivity (Wildman–Crippen MR) is 86.8 cm³/mol. The van der Waals surface area contributed by atoms with Crippen LogP contribution in [0.3, 0.4) is 0 Å². The van der Waals surface area contributed by atoms with Gasteiger partial charge in [-0.05, 0) is 30.4 Å². The quantitative estimate of drug-likeness (QED) is 0.836. The predicted octanol–water partition coefficient (Wildman–Crippen LogP) is 4.10. The standard InChI is InChI=1S/C17H22N2OS/c1-12(2)15-5-3-4-6-16(15)20-10-14-11-21-17(19-14)9-18-13-7-8-13/h3-6,11-13,18H,7-10H2,1-2H3. The van der Waals surface area contributed by atoms with E-state index in [1.165, 1.54) is 18.4 Å². The zero-order chi connectivity index (χ0) is 14.7. The van der Waals surface area contributed by atoms with Gasteiger partial charge in [0.15, 0.2) is 0 Å². The van der Waals surface area contributed by atoms with Crippen LogP contribution in [0.5, 0.6) is 5.75 Å². The summed E-state index contributed by atoms with van der Waals surface area (Å²) in [5.74, 6) is 1.44. The van der Waals surface area contributed by atoms with Gasteiger partial charge in [-0.15, -0.1) is 11.3 Å². The van der Waals surface area contributed by atoms with Gasteiger partial charge in [0, 0.05) is 18.0 Å². The van der Waals surface area contributed by atoms with Crippen LogP contribution in [-0.2, 0) is 13.2 Å². The van der Waals surface area contributed by atoms with Gasteiger partial charge in [0.05, 0.1) is 5.69 Å². The maximum absolute atomic E-state index is 5.96. The number of rotatable bonds is 7. The van der Waals surface area contributed by atoms with Crippen molar-refractivity contribution in [3.05, 3.63) is 45.9 Å². The number of hydrogen-bond acceptors (Lipinski definition) is 4. The molecule has 3 rings (SSSR count). The summed E-state index contributed by atoms with van der Waals surface area (Å²) in [4.78, 5) is 4.63. The normalized spacial score (nSPS) is 14.6. The summed E-state index contributed by atoms with van der Waals surface area (Å²) in [7, 11) is 0. The summed E-state index contributed by atoms with van der Waals surface area (Å²) in [5.41, 5.74) is 2.27. The average molecular weight is 302 g/mol. The Morgan fingerprint density at radius 3 is 2.90 bits per heavy atom. The number of hydrogen-bond donors (Lipinski definition) is 1. The molecule has 1 heterocycles. The fraction of sp³-hybridized carbons (Fsp3) is 0.471. The molecule has 0 atom stereocenters. The molecular weight excluding hydrogens is 280 g/mol. The SMILES string of the molecule is CC(C)c1ccccc1OCc1csc(CNC2CC2)n1. The summed E-state index contributed by atoms with van der Waals surface area (Å²) in [5, 5.41) is 6.74. The number of ether oxygens (including phenoxy) is 1. The van der Waals surface area contributed by atoms with Crippen LogP contribution in [0.2, 0.25) is 0 Å². The second-order valence-corrected chi connectivity index (χ2v) is 6.81. The molecule has 0 aliphatic heterocycles. The number of benzene rings is 1. The van der Waals surface area contributed by atoms with Crippen LogP contribution in [0.15, 0.2) is 29.6 Å². The van der Waals surface area contributed by atoms with Crippen LogP contribution in [0.1, 0.15) is 48.9 Å². The van der Waals surface area contributed by atoms with Gasteiger partial charge in [0.1, 0.15) is 17.4 Å². The summed E-state index contributed by atoms with van der Waals surface area (Å²) in [6, 6.07) is 8.98. The highest BCUT2D eigenvalue weighted by atomic mass is 32.1. The van der Waals surface area contributed by atoms with E-state index in [-0.39, 0.29) is 0 Å². The van der Waals surface area contributed by atoms with Crippen LogP contribution < -0.4 is 10.1 Å². The molecule has 1 N–H and O–H groups in total. The van der Waals surface area contributed by atoms with Gasteiger partial charge < -0.3 is 10.1 Å². The lowest BCUT2D eigenvalue weighted by atomic mass is 10.0. The largest absolute Gasteiger partial charge is 0.487 e. The van der Waals surface area contributed by atoms with Gasteiger partial charge in [0.25, 0.3) is 0 Å². The molecule has 0 radical (unpaired) electrons. The maximum atomic E-state index is 5.96. The fourth-order valence-corrected chi connectivity index (χ4v) is 2.99. The van der Waals surface area contributed by atoms with E-state index in [1.54, 1.807) is 11.3 Å². The first kappa shape index (κ1) is 14.5. The topological polar surface area (TPSA) is 34.1 Å². The number of para-hydroxylation sites is 1. The van der Waals surface area contributed by atoms with Crippen molar-refractivity contribution in [1.29, 1.82) is 0 Å². The molecule has 1 fully saturated rings. The van der Waals surface area contributed by atoms with Crippen molar-refractivity contribution in [2.75, 3.05) is 0 Å². The Bertz CT molecular complexity index is 590. The molecule has 112 valence electrons.